The Morgan fingerprint density at radius 1 is 1.31 bits per heavy atom. The Hall–Kier alpha value is -0.670. The van der Waals surface area contributed by atoms with E-state index in [2.05, 4.69) is 46.9 Å². The molecule has 0 aliphatic carbocycles. The van der Waals surface area contributed by atoms with Crippen LogP contribution in [0.25, 0.3) is 0 Å². The van der Waals surface area contributed by atoms with Gasteiger partial charge in [0, 0.05) is 18.8 Å². The summed E-state index contributed by atoms with van der Waals surface area (Å²) in [5.74, 6) is 2.90. The number of ether oxygens (including phenoxy) is 1. The highest BCUT2D eigenvalue weighted by Crippen LogP contribution is 2.27. The van der Waals surface area contributed by atoms with E-state index >= 15 is 0 Å². The molecule has 1 unspecified atom stereocenters. The van der Waals surface area contributed by atoms with Gasteiger partial charge in [0.1, 0.15) is 5.75 Å². The summed E-state index contributed by atoms with van der Waals surface area (Å²) >= 11 is 1.84. The molecule has 1 fully saturated rings. The normalized spacial score (nSPS) is 16.0. The van der Waals surface area contributed by atoms with Gasteiger partial charge in [0.15, 0.2) is 5.96 Å². The summed E-state index contributed by atoms with van der Waals surface area (Å²) < 4.78 is 5.42. The van der Waals surface area contributed by atoms with Crippen LogP contribution in [0.5, 0.6) is 5.75 Å². The Morgan fingerprint density at radius 2 is 2.08 bits per heavy atom. The van der Waals surface area contributed by atoms with Crippen LogP contribution in [0.3, 0.4) is 0 Å². The lowest BCUT2D eigenvalue weighted by Gasteiger charge is -2.27. The number of aliphatic imine (C=N–C) groups is 1. The van der Waals surface area contributed by atoms with Gasteiger partial charge in [-0.05, 0) is 56.8 Å². The zero-order valence-electron chi connectivity index (χ0n) is 16.2. The molecule has 26 heavy (non-hydrogen) atoms. The minimum atomic E-state index is 0. The van der Waals surface area contributed by atoms with E-state index < -0.39 is 0 Å². The van der Waals surface area contributed by atoms with Gasteiger partial charge in [-0.15, -0.1) is 24.0 Å². The maximum Gasteiger partial charge on any atom is 0.191 e. The first-order valence-electron chi connectivity index (χ1n) is 9.17. The first-order valence-corrected chi connectivity index (χ1v) is 10.6. The molecule has 0 aromatic heterocycles. The van der Waals surface area contributed by atoms with Crippen molar-refractivity contribution in [3.63, 3.8) is 0 Å². The van der Waals surface area contributed by atoms with Crippen LogP contribution in [0.1, 0.15) is 31.4 Å². The number of nitrogens with zero attached hydrogens (tertiary/aromatic N) is 2. The number of benzene rings is 1. The van der Waals surface area contributed by atoms with Crippen LogP contribution in [0.4, 0.5) is 0 Å². The zero-order valence-corrected chi connectivity index (χ0v) is 19.3. The summed E-state index contributed by atoms with van der Waals surface area (Å²) in [5, 5.41) is 6.76. The van der Waals surface area contributed by atoms with Crippen molar-refractivity contribution in [1.29, 1.82) is 0 Å². The maximum atomic E-state index is 5.42. The number of likely N-dealkylation sites (tertiary alicyclic amines) is 1. The summed E-state index contributed by atoms with van der Waals surface area (Å²) in [6, 6.07) is 8.71. The molecular weight excluding hydrogens is 459 g/mol. The van der Waals surface area contributed by atoms with E-state index in [1.165, 1.54) is 18.4 Å². The third-order valence-corrected chi connectivity index (χ3v) is 5.04. The summed E-state index contributed by atoms with van der Waals surface area (Å²) in [7, 11) is 1.72. The van der Waals surface area contributed by atoms with Gasteiger partial charge in [0.05, 0.1) is 19.7 Å². The summed E-state index contributed by atoms with van der Waals surface area (Å²) in [4.78, 5) is 7.41. The first-order chi connectivity index (χ1) is 12.3. The van der Waals surface area contributed by atoms with E-state index in [4.69, 9.17) is 9.73 Å². The van der Waals surface area contributed by atoms with Crippen molar-refractivity contribution in [2.45, 2.75) is 25.8 Å². The second kappa shape index (κ2) is 13.5. The number of thioether (sulfide) groups is 1. The van der Waals surface area contributed by atoms with Crippen molar-refractivity contribution >= 4 is 41.7 Å². The van der Waals surface area contributed by atoms with E-state index in [0.29, 0.717) is 6.04 Å². The number of nitrogens with one attached hydrogen (secondary N) is 2. The van der Waals surface area contributed by atoms with Gasteiger partial charge < -0.3 is 15.4 Å². The van der Waals surface area contributed by atoms with Gasteiger partial charge in [0.25, 0.3) is 0 Å². The summed E-state index contributed by atoms with van der Waals surface area (Å²) in [5.41, 5.74) is 1.28. The molecule has 0 spiro atoms. The second-order valence-electron chi connectivity index (χ2n) is 6.17. The molecule has 1 aliphatic heterocycles. The SMILES string of the molecule is CCNC(=NCC(c1cccc(OC)c1)N1CCCC1)NCCSC.I. The van der Waals surface area contributed by atoms with Gasteiger partial charge in [-0.3, -0.25) is 9.89 Å². The first kappa shape index (κ1) is 23.4. The van der Waals surface area contributed by atoms with Crippen molar-refractivity contribution < 1.29 is 4.74 Å². The van der Waals surface area contributed by atoms with Crippen molar-refractivity contribution in [1.82, 2.24) is 15.5 Å². The maximum absolute atomic E-state index is 5.42. The number of guanidine groups is 1. The van der Waals surface area contributed by atoms with Gasteiger partial charge in [-0.25, -0.2) is 0 Å². The highest BCUT2D eigenvalue weighted by Gasteiger charge is 2.23. The summed E-state index contributed by atoms with van der Waals surface area (Å²) in [6.07, 6.45) is 4.67. The van der Waals surface area contributed by atoms with Gasteiger partial charge >= 0.3 is 0 Å². The average molecular weight is 492 g/mol. The van der Waals surface area contributed by atoms with Crippen molar-refractivity contribution in [3.8, 4) is 5.75 Å². The van der Waals surface area contributed by atoms with E-state index in [1.807, 2.05) is 17.8 Å². The Balaban J connectivity index is 0.00000338. The van der Waals surface area contributed by atoms with Crippen molar-refractivity contribution in [2.24, 2.45) is 4.99 Å². The topological polar surface area (TPSA) is 48.9 Å². The molecule has 1 aromatic carbocycles. The molecule has 5 nitrogen and oxygen atoms in total. The van der Waals surface area contributed by atoms with Crippen LogP contribution in [-0.2, 0) is 0 Å². The summed E-state index contributed by atoms with van der Waals surface area (Å²) in [6.45, 7) is 6.95. The quantitative estimate of drug-likeness (QED) is 0.240. The molecule has 2 N–H and O–H groups in total. The standard InChI is InChI=1S/C19H32N4OS.HI/c1-4-20-19(21-10-13-25-3)22-15-18(23-11-5-6-12-23)16-8-7-9-17(14-16)24-2;/h7-9,14,18H,4-6,10-13,15H2,1-3H3,(H2,20,21,22);1H. The van der Waals surface area contributed by atoms with Crippen molar-refractivity contribution in [3.05, 3.63) is 29.8 Å². The van der Waals surface area contributed by atoms with Crippen LogP contribution >= 0.6 is 35.7 Å². The van der Waals surface area contributed by atoms with E-state index in [0.717, 1.165) is 50.2 Å². The molecule has 1 aliphatic rings. The Bertz CT molecular complexity index is 538. The monoisotopic (exact) mass is 492 g/mol. The number of methoxy groups -OCH3 is 1. The van der Waals surface area contributed by atoms with Gasteiger partial charge in [0.2, 0.25) is 0 Å². The second-order valence-corrected chi connectivity index (χ2v) is 7.16. The van der Waals surface area contributed by atoms with Crippen LogP contribution in [0, 0.1) is 0 Å². The average Bonchev–Trinajstić information content (AvgIpc) is 3.16. The van der Waals surface area contributed by atoms with E-state index in [1.54, 1.807) is 7.11 Å². The molecule has 1 saturated heterocycles. The fourth-order valence-corrected chi connectivity index (χ4v) is 3.43. The van der Waals surface area contributed by atoms with E-state index in [9.17, 15) is 0 Å². The van der Waals surface area contributed by atoms with Crippen molar-refractivity contribution in [2.75, 3.05) is 51.8 Å². The van der Waals surface area contributed by atoms with Crippen LogP contribution in [-0.4, -0.2) is 62.7 Å². The van der Waals surface area contributed by atoms with Crippen LogP contribution < -0.4 is 15.4 Å². The Labute approximate surface area is 179 Å². The molecule has 1 aromatic rings. The predicted octanol–water partition coefficient (Wildman–Crippen LogP) is 3.37. The van der Waals surface area contributed by atoms with Crippen LogP contribution in [0.2, 0.25) is 0 Å². The molecule has 0 amide bonds. The molecule has 0 radical (unpaired) electrons. The lowest BCUT2D eigenvalue weighted by Crippen LogP contribution is -2.39. The third-order valence-electron chi connectivity index (χ3n) is 4.43. The molecule has 7 heteroatoms. The fourth-order valence-electron chi connectivity index (χ4n) is 3.12. The van der Waals surface area contributed by atoms with Gasteiger partial charge in [-0.2, -0.15) is 11.8 Å². The minimum absolute atomic E-state index is 0. The molecule has 1 heterocycles. The Kier molecular flexibility index (Phi) is 12.1. The largest absolute Gasteiger partial charge is 0.497 e. The number of halogens is 1. The number of hydrogen-bond donors (Lipinski definition) is 2. The molecule has 0 saturated carbocycles. The molecular formula is C19H33IN4OS. The number of rotatable bonds is 9. The highest BCUT2D eigenvalue weighted by molar-refractivity contribution is 14.0. The Morgan fingerprint density at radius 3 is 2.73 bits per heavy atom. The fraction of sp³-hybridized carbons (Fsp3) is 0.632. The van der Waals surface area contributed by atoms with Crippen LogP contribution in [0.15, 0.2) is 29.3 Å². The minimum Gasteiger partial charge on any atom is -0.497 e. The lowest BCUT2D eigenvalue weighted by atomic mass is 10.1. The lowest BCUT2D eigenvalue weighted by molar-refractivity contribution is 0.251. The molecule has 1 atom stereocenters. The highest BCUT2D eigenvalue weighted by atomic mass is 127. The smallest absolute Gasteiger partial charge is 0.191 e. The van der Waals surface area contributed by atoms with E-state index in [-0.39, 0.29) is 24.0 Å². The molecule has 148 valence electrons. The number of hydrogen-bond acceptors (Lipinski definition) is 4. The predicted molar refractivity (Wildman–Crippen MR) is 124 cm³/mol. The zero-order chi connectivity index (χ0) is 17.9. The molecule has 0 bridgehead atoms. The van der Waals surface area contributed by atoms with Gasteiger partial charge in [-0.1, -0.05) is 12.1 Å². The third kappa shape index (κ3) is 7.52. The molecule has 2 rings (SSSR count).